The molecule has 2 unspecified atom stereocenters. The molecule has 0 radical (unpaired) electrons. The molecule has 1 aromatic heterocycles. The van der Waals surface area contributed by atoms with Gasteiger partial charge in [-0.15, -0.1) is 0 Å². The summed E-state index contributed by atoms with van der Waals surface area (Å²) in [4.78, 5) is 22.7. The molecule has 0 saturated carbocycles. The first-order chi connectivity index (χ1) is 13.8. The molecule has 8 heteroatoms. The first kappa shape index (κ1) is 21.8. The summed E-state index contributed by atoms with van der Waals surface area (Å²) >= 11 is 1.16. The van der Waals surface area contributed by atoms with Gasteiger partial charge in [-0.05, 0) is 38.1 Å². The van der Waals surface area contributed by atoms with Crippen molar-refractivity contribution in [3.63, 3.8) is 0 Å². The van der Waals surface area contributed by atoms with E-state index in [9.17, 15) is 9.90 Å². The number of carboxylic acids is 1. The average molecular weight is 435 g/mol. The summed E-state index contributed by atoms with van der Waals surface area (Å²) in [5.41, 5.74) is 0.370. The standard InChI is InChI=1S/C21H26N2O4S2/c1-6-7-12-29-15-11-9-8-10-14(15)20(2,3)21(29,18(24)25)28-19-22-16(26-4)13-17(23-19)27-5/h8-11,13H,6-7,12H2,1-5H3. The van der Waals surface area contributed by atoms with Crippen LogP contribution in [0.2, 0.25) is 0 Å². The molecule has 0 N–H and O–H groups in total. The number of aromatic nitrogens is 2. The van der Waals surface area contributed by atoms with Gasteiger partial charge in [-0.1, -0.05) is 31.5 Å². The van der Waals surface area contributed by atoms with E-state index < -0.39 is 26.4 Å². The normalized spacial score (nSPS) is 22.2. The van der Waals surface area contributed by atoms with Gasteiger partial charge >= 0.3 is 0 Å². The highest BCUT2D eigenvalue weighted by Crippen LogP contribution is 2.60. The number of nitrogens with zero attached hydrogens (tertiary/aromatic N) is 2. The molecule has 29 heavy (non-hydrogen) atoms. The fourth-order valence-corrected chi connectivity index (χ4v) is 9.00. The summed E-state index contributed by atoms with van der Waals surface area (Å²) in [6.45, 7) is 6.07. The van der Waals surface area contributed by atoms with Crippen LogP contribution in [0.15, 0.2) is 40.4 Å². The maximum atomic E-state index is 12.9. The Morgan fingerprint density at radius 3 is 2.34 bits per heavy atom. The molecule has 0 amide bonds. The Labute approximate surface area is 178 Å². The van der Waals surface area contributed by atoms with Gasteiger partial charge in [-0.3, -0.25) is 0 Å². The van der Waals surface area contributed by atoms with Gasteiger partial charge in [0.1, 0.15) is 11.7 Å². The second-order valence-electron chi connectivity index (χ2n) is 7.31. The van der Waals surface area contributed by atoms with E-state index in [1.165, 1.54) is 14.2 Å². The van der Waals surface area contributed by atoms with Gasteiger partial charge in [-0.2, -0.15) is 9.97 Å². The summed E-state index contributed by atoms with van der Waals surface area (Å²) in [5, 5.41) is 13.2. The highest BCUT2D eigenvalue weighted by molar-refractivity contribution is 8.18. The van der Waals surface area contributed by atoms with Crippen LogP contribution in [0.5, 0.6) is 11.8 Å². The molecule has 0 saturated heterocycles. The minimum atomic E-state index is -1.23. The molecular formula is C21H26N2O4S2. The number of unbranched alkanes of at least 4 members (excludes halogenated alkanes) is 1. The molecule has 6 nitrogen and oxygen atoms in total. The molecule has 0 bridgehead atoms. The number of aliphatic carboxylic acids is 1. The molecular weight excluding hydrogens is 408 g/mol. The molecule has 1 aliphatic rings. The van der Waals surface area contributed by atoms with Crippen molar-refractivity contribution in [1.82, 2.24) is 9.97 Å². The van der Waals surface area contributed by atoms with Crippen LogP contribution in [0.25, 0.3) is 0 Å². The number of carboxylic acid groups (broad SMARTS) is 1. The number of hydrogen-bond acceptors (Lipinski definition) is 7. The fraction of sp³-hybridized carbons (Fsp3) is 0.476. The molecule has 0 fully saturated rings. The zero-order chi connectivity index (χ0) is 21.2. The van der Waals surface area contributed by atoms with Gasteiger partial charge in [0.15, 0.2) is 10.1 Å². The van der Waals surface area contributed by atoms with Crippen LogP contribution < -0.4 is 14.6 Å². The third-order valence-corrected chi connectivity index (χ3v) is 10.4. The van der Waals surface area contributed by atoms with Crippen LogP contribution in [0.4, 0.5) is 0 Å². The highest BCUT2D eigenvalue weighted by Gasteiger charge is 2.68. The third-order valence-electron chi connectivity index (χ3n) is 5.28. The largest absolute Gasteiger partial charge is 0.544 e. The van der Waals surface area contributed by atoms with Gasteiger partial charge in [-0.25, -0.2) is 0 Å². The van der Waals surface area contributed by atoms with Crippen molar-refractivity contribution in [3.8, 4) is 11.8 Å². The maximum Gasteiger partial charge on any atom is 0.234 e. The average Bonchev–Trinajstić information content (AvgIpc) is 2.90. The third kappa shape index (κ3) is 3.57. The Kier molecular flexibility index (Phi) is 6.33. The number of methoxy groups -OCH3 is 2. The lowest BCUT2D eigenvalue weighted by Crippen LogP contribution is -2.59. The molecule has 2 atom stereocenters. The van der Waals surface area contributed by atoms with Crippen LogP contribution in [0.3, 0.4) is 0 Å². The molecule has 1 aromatic carbocycles. The summed E-state index contributed by atoms with van der Waals surface area (Å²) in [6, 6.07) is 9.58. The highest BCUT2D eigenvalue weighted by atomic mass is 32.2. The quantitative estimate of drug-likeness (QED) is 0.466. The van der Waals surface area contributed by atoms with Crippen molar-refractivity contribution < 1.29 is 19.4 Å². The number of carbonyl (C=O) groups is 1. The molecule has 3 rings (SSSR count). The Morgan fingerprint density at radius 1 is 1.17 bits per heavy atom. The summed E-state index contributed by atoms with van der Waals surface area (Å²) < 4.78 is 9.28. The van der Waals surface area contributed by atoms with Crippen LogP contribution in [0, 0.1) is 0 Å². The number of carbonyl (C=O) groups excluding carboxylic acids is 1. The Balaban J connectivity index is 2.18. The number of benzene rings is 1. The molecule has 0 spiro atoms. The van der Waals surface area contributed by atoms with Crippen molar-refractivity contribution in [1.29, 1.82) is 0 Å². The predicted octanol–water partition coefficient (Wildman–Crippen LogP) is 2.80. The second-order valence-corrected chi connectivity index (χ2v) is 11.0. The lowest BCUT2D eigenvalue weighted by atomic mass is 9.81. The number of rotatable bonds is 8. The predicted molar refractivity (Wildman–Crippen MR) is 114 cm³/mol. The zero-order valence-corrected chi connectivity index (χ0v) is 19.0. The fourth-order valence-electron chi connectivity index (χ4n) is 3.72. The summed E-state index contributed by atoms with van der Waals surface area (Å²) in [6.07, 6.45) is 1.93. The van der Waals surface area contributed by atoms with E-state index >= 15 is 0 Å². The van der Waals surface area contributed by atoms with Crippen LogP contribution in [-0.4, -0.2) is 40.0 Å². The zero-order valence-electron chi connectivity index (χ0n) is 17.4. The molecule has 156 valence electrons. The monoisotopic (exact) mass is 434 g/mol. The second kappa shape index (κ2) is 8.44. The number of hydrogen-bond donors (Lipinski definition) is 0. The topological polar surface area (TPSA) is 84.4 Å². The SMILES string of the molecule is CCCC[S+]1c2ccccc2C(C)(C)C1(Sc1nc(OC)cc(OC)n1)C(=O)[O-]. The lowest BCUT2D eigenvalue weighted by Gasteiger charge is -2.38. The first-order valence-electron chi connectivity index (χ1n) is 9.49. The maximum absolute atomic E-state index is 12.9. The van der Waals surface area contributed by atoms with E-state index in [4.69, 9.17) is 9.47 Å². The summed E-state index contributed by atoms with van der Waals surface area (Å²) in [7, 11) is 2.44. The van der Waals surface area contributed by atoms with Crippen molar-refractivity contribution >= 4 is 28.6 Å². The molecule has 1 aliphatic heterocycles. The van der Waals surface area contributed by atoms with Crippen molar-refractivity contribution in [2.24, 2.45) is 0 Å². The molecule has 2 aromatic rings. The summed E-state index contributed by atoms with van der Waals surface area (Å²) in [5.74, 6) is 0.344. The van der Waals surface area contributed by atoms with E-state index in [1.807, 2.05) is 38.1 Å². The van der Waals surface area contributed by atoms with E-state index in [0.29, 0.717) is 16.9 Å². The van der Waals surface area contributed by atoms with Crippen LogP contribution in [-0.2, 0) is 21.1 Å². The number of ether oxygens (including phenoxy) is 2. The Hall–Kier alpha value is -1.93. The van der Waals surface area contributed by atoms with Gasteiger partial charge in [0.25, 0.3) is 0 Å². The van der Waals surface area contributed by atoms with E-state index in [0.717, 1.165) is 40.8 Å². The minimum Gasteiger partial charge on any atom is -0.544 e. The molecule has 2 heterocycles. The van der Waals surface area contributed by atoms with Crippen molar-refractivity contribution in [3.05, 3.63) is 35.9 Å². The lowest BCUT2D eigenvalue weighted by molar-refractivity contribution is -0.307. The molecule has 0 aliphatic carbocycles. The van der Waals surface area contributed by atoms with Crippen molar-refractivity contribution in [2.45, 2.75) is 53.2 Å². The van der Waals surface area contributed by atoms with E-state index in [-0.39, 0.29) is 0 Å². The van der Waals surface area contributed by atoms with Gasteiger partial charge in [0.05, 0.1) is 25.7 Å². The van der Waals surface area contributed by atoms with Crippen LogP contribution in [0.1, 0.15) is 39.2 Å². The number of fused-ring (bicyclic) bond motifs is 1. The van der Waals surface area contributed by atoms with E-state index in [1.54, 1.807) is 6.07 Å². The van der Waals surface area contributed by atoms with Gasteiger partial charge < -0.3 is 19.4 Å². The van der Waals surface area contributed by atoms with Gasteiger partial charge in [0, 0.05) is 16.5 Å². The Bertz CT molecular complexity index is 884. The Morgan fingerprint density at radius 2 is 1.79 bits per heavy atom. The first-order valence-corrected chi connectivity index (χ1v) is 11.7. The van der Waals surface area contributed by atoms with E-state index in [2.05, 4.69) is 16.9 Å². The number of thioether (sulfide) groups is 1. The minimum absolute atomic E-state index is 0.306. The van der Waals surface area contributed by atoms with Crippen molar-refractivity contribution in [2.75, 3.05) is 20.0 Å². The van der Waals surface area contributed by atoms with Gasteiger partial charge in [0.2, 0.25) is 15.8 Å². The smallest absolute Gasteiger partial charge is 0.234 e. The van der Waals surface area contributed by atoms with Crippen LogP contribution >= 0.6 is 11.8 Å².